The second-order valence-electron chi connectivity index (χ2n) is 9.06. The first-order valence-electron chi connectivity index (χ1n) is 11.9. The zero-order valence-electron chi connectivity index (χ0n) is 20.5. The van der Waals surface area contributed by atoms with E-state index in [9.17, 15) is 9.90 Å². The normalized spacial score (nSPS) is 16.4. The van der Waals surface area contributed by atoms with Crippen molar-refractivity contribution in [3.05, 3.63) is 109 Å². The molecule has 1 aromatic heterocycles. The summed E-state index contributed by atoms with van der Waals surface area (Å²) in [6, 6.07) is 17.7. The van der Waals surface area contributed by atoms with Crippen molar-refractivity contribution in [1.82, 2.24) is 4.57 Å². The number of allylic oxidation sites excluding steroid dienone is 1. The van der Waals surface area contributed by atoms with E-state index in [1.54, 1.807) is 14.2 Å². The van der Waals surface area contributed by atoms with Crippen molar-refractivity contribution in [2.24, 2.45) is 4.99 Å². The Morgan fingerprint density at radius 3 is 2.50 bits per heavy atom. The minimum Gasteiger partial charge on any atom is -0.506 e. The largest absolute Gasteiger partial charge is 0.506 e. The highest BCUT2D eigenvalue weighted by Crippen LogP contribution is 2.42. The predicted molar refractivity (Wildman–Crippen MR) is 166 cm³/mol. The first kappa shape index (κ1) is 25.6. The molecule has 0 bridgehead atoms. The van der Waals surface area contributed by atoms with Crippen LogP contribution in [0, 0.1) is 7.14 Å². The van der Waals surface area contributed by atoms with E-state index in [-0.39, 0.29) is 17.4 Å². The number of phenols is 1. The van der Waals surface area contributed by atoms with Crippen molar-refractivity contribution in [1.29, 1.82) is 0 Å². The number of phenolic OH excluding ortho intramolecular Hbond substituents is 1. The van der Waals surface area contributed by atoms with Gasteiger partial charge in [0.15, 0.2) is 16.3 Å². The topological polar surface area (TPSA) is 73.0 Å². The predicted octanol–water partition coefficient (Wildman–Crippen LogP) is 5.25. The summed E-state index contributed by atoms with van der Waals surface area (Å²) in [5.74, 6) is 1.52. The molecule has 2 aliphatic rings. The number of hydrogen-bond acceptors (Lipinski definition) is 6. The van der Waals surface area contributed by atoms with Gasteiger partial charge in [-0.05, 0) is 111 Å². The third kappa shape index (κ3) is 4.28. The molecular formula is C29H22I2N2O4S. The molecule has 0 unspecified atom stereocenters. The molecule has 6 rings (SSSR count). The van der Waals surface area contributed by atoms with Crippen LogP contribution < -0.4 is 24.4 Å². The number of halogens is 2. The van der Waals surface area contributed by atoms with Crippen molar-refractivity contribution < 1.29 is 14.6 Å². The van der Waals surface area contributed by atoms with Gasteiger partial charge < -0.3 is 14.6 Å². The van der Waals surface area contributed by atoms with Gasteiger partial charge in [0.2, 0.25) is 0 Å². The first-order chi connectivity index (χ1) is 18.4. The molecule has 3 aromatic carbocycles. The van der Waals surface area contributed by atoms with Crippen LogP contribution in [-0.2, 0) is 6.42 Å². The third-order valence-corrected chi connectivity index (χ3v) is 9.56. The minimum absolute atomic E-state index is 0.0861. The second kappa shape index (κ2) is 10.2. The van der Waals surface area contributed by atoms with Crippen molar-refractivity contribution >= 4 is 68.3 Å². The molecule has 0 radical (unpaired) electrons. The van der Waals surface area contributed by atoms with Gasteiger partial charge in [0.25, 0.3) is 5.56 Å². The Hall–Kier alpha value is -2.64. The number of methoxy groups -OCH3 is 2. The number of aryl methyl sites for hydroxylation is 1. The summed E-state index contributed by atoms with van der Waals surface area (Å²) in [5.41, 5.74) is 6.20. The van der Waals surface area contributed by atoms with Gasteiger partial charge in [-0.2, -0.15) is 0 Å². The average molecular weight is 748 g/mol. The fourth-order valence-corrected chi connectivity index (χ4v) is 7.98. The van der Waals surface area contributed by atoms with Gasteiger partial charge in [0, 0.05) is 5.56 Å². The van der Waals surface area contributed by atoms with Gasteiger partial charge in [-0.15, -0.1) is 0 Å². The van der Waals surface area contributed by atoms with Crippen molar-refractivity contribution in [3.63, 3.8) is 0 Å². The number of rotatable bonds is 4. The quantitative estimate of drug-likeness (QED) is 0.290. The van der Waals surface area contributed by atoms with Gasteiger partial charge in [-0.1, -0.05) is 41.7 Å². The smallest absolute Gasteiger partial charge is 0.271 e. The summed E-state index contributed by atoms with van der Waals surface area (Å²) in [4.78, 5) is 19.7. The van der Waals surface area contributed by atoms with Gasteiger partial charge in [-0.25, -0.2) is 4.99 Å². The number of benzene rings is 3. The summed E-state index contributed by atoms with van der Waals surface area (Å²) in [6.07, 6.45) is 3.59. The number of nitrogens with zero attached hydrogens (tertiary/aromatic N) is 2. The summed E-state index contributed by atoms with van der Waals surface area (Å²) >= 11 is 5.60. The Balaban J connectivity index is 1.62. The summed E-state index contributed by atoms with van der Waals surface area (Å²) in [5, 5.41) is 10.2. The van der Waals surface area contributed by atoms with Gasteiger partial charge in [0.05, 0.1) is 37.6 Å². The highest BCUT2D eigenvalue weighted by molar-refractivity contribution is 14.1. The highest BCUT2D eigenvalue weighted by atomic mass is 127. The molecule has 1 atom stereocenters. The molecule has 0 fully saturated rings. The van der Waals surface area contributed by atoms with Crippen LogP contribution in [0.15, 0.2) is 70.0 Å². The maximum atomic E-state index is 14.0. The van der Waals surface area contributed by atoms with Crippen molar-refractivity contribution in [2.45, 2.75) is 18.9 Å². The zero-order valence-corrected chi connectivity index (χ0v) is 25.6. The SMILES string of the molecule is COc1ccc([C@@H]2C3=C(N=c4s/c(=C/c5cc(I)c(O)c(I)c5)c(=O)n42)c2ccccc2CC3)cc1OC. The van der Waals surface area contributed by atoms with Gasteiger partial charge >= 0.3 is 0 Å². The van der Waals surface area contributed by atoms with E-state index in [2.05, 4.69) is 63.4 Å². The number of aromatic nitrogens is 1. The Morgan fingerprint density at radius 1 is 1.03 bits per heavy atom. The number of hydrogen-bond donors (Lipinski definition) is 1. The molecule has 4 aromatic rings. The van der Waals surface area contributed by atoms with E-state index < -0.39 is 0 Å². The summed E-state index contributed by atoms with van der Waals surface area (Å²) < 4.78 is 15.0. The molecule has 38 heavy (non-hydrogen) atoms. The Bertz CT molecular complexity index is 1800. The number of ether oxygens (including phenoxy) is 2. The van der Waals surface area contributed by atoms with Gasteiger partial charge in [0.1, 0.15) is 5.75 Å². The molecule has 0 spiro atoms. The Labute approximate surface area is 250 Å². The lowest BCUT2D eigenvalue weighted by atomic mass is 9.83. The maximum Gasteiger partial charge on any atom is 0.271 e. The Kier molecular flexibility index (Phi) is 6.85. The molecule has 1 aliphatic carbocycles. The third-order valence-electron chi connectivity index (χ3n) is 6.93. The molecular weight excluding hydrogens is 726 g/mol. The van der Waals surface area contributed by atoms with Crippen LogP contribution >= 0.6 is 56.5 Å². The van der Waals surface area contributed by atoms with E-state index in [0.29, 0.717) is 20.8 Å². The molecule has 6 nitrogen and oxygen atoms in total. The zero-order chi connectivity index (χ0) is 26.6. The van der Waals surface area contributed by atoms with E-state index >= 15 is 0 Å². The van der Waals surface area contributed by atoms with Crippen molar-refractivity contribution in [3.8, 4) is 17.2 Å². The van der Waals surface area contributed by atoms with E-state index in [4.69, 9.17) is 14.5 Å². The maximum absolute atomic E-state index is 14.0. The van der Waals surface area contributed by atoms with Crippen LogP contribution in [0.4, 0.5) is 0 Å². The molecule has 0 saturated carbocycles. The van der Waals surface area contributed by atoms with Crippen LogP contribution in [0.1, 0.15) is 34.7 Å². The number of aromatic hydroxyl groups is 1. The molecule has 1 aliphatic heterocycles. The standard InChI is InChI=1S/C29H22I2N2O4S/c1-36-22-10-8-17(14-23(22)37-2)26-19-9-7-16-5-3-4-6-18(16)25(19)32-29-33(26)28(35)24(38-29)13-15-11-20(30)27(34)21(31)12-15/h3-6,8,10-14,26,34H,7,9H2,1-2H3/b24-13+/t26-/m1/s1. The number of fused-ring (bicyclic) bond motifs is 3. The van der Waals surface area contributed by atoms with Crippen LogP contribution in [0.25, 0.3) is 11.8 Å². The molecule has 9 heteroatoms. The van der Waals surface area contributed by atoms with Crippen LogP contribution in [0.5, 0.6) is 17.2 Å². The molecule has 192 valence electrons. The fraction of sp³-hybridized carbons (Fsp3) is 0.172. The van der Waals surface area contributed by atoms with Crippen molar-refractivity contribution in [2.75, 3.05) is 14.2 Å². The second-order valence-corrected chi connectivity index (χ2v) is 12.4. The van der Waals surface area contributed by atoms with E-state index in [1.165, 1.54) is 16.9 Å². The number of thiazole rings is 1. The average Bonchev–Trinajstić information content (AvgIpc) is 3.24. The molecule has 1 N–H and O–H groups in total. The first-order valence-corrected chi connectivity index (χ1v) is 14.9. The highest BCUT2D eigenvalue weighted by Gasteiger charge is 2.33. The lowest BCUT2D eigenvalue weighted by Gasteiger charge is -2.31. The summed E-state index contributed by atoms with van der Waals surface area (Å²) in [6.45, 7) is 0. The van der Waals surface area contributed by atoms with Crippen LogP contribution in [0.3, 0.4) is 0 Å². The lowest BCUT2D eigenvalue weighted by Crippen LogP contribution is -2.38. The van der Waals surface area contributed by atoms with Crippen LogP contribution in [0.2, 0.25) is 0 Å². The molecule has 0 amide bonds. The van der Waals surface area contributed by atoms with E-state index in [0.717, 1.165) is 47.9 Å². The monoisotopic (exact) mass is 748 g/mol. The lowest BCUT2D eigenvalue weighted by molar-refractivity contribution is 0.354. The van der Waals surface area contributed by atoms with E-state index in [1.807, 2.05) is 47.0 Å². The van der Waals surface area contributed by atoms with Crippen LogP contribution in [-0.4, -0.2) is 23.9 Å². The van der Waals surface area contributed by atoms with Gasteiger partial charge in [-0.3, -0.25) is 9.36 Å². The molecule has 0 saturated heterocycles. The minimum atomic E-state index is -0.309. The Morgan fingerprint density at radius 2 is 1.76 bits per heavy atom. The molecule has 2 heterocycles. The summed E-state index contributed by atoms with van der Waals surface area (Å²) in [7, 11) is 3.24. The fourth-order valence-electron chi connectivity index (χ4n) is 5.17.